The SMILES string of the molecule is CCCNCc1nnnn1-c1ccc(F)c(C)c1. The first-order valence-corrected chi connectivity index (χ1v) is 5.97. The van der Waals surface area contributed by atoms with Crippen molar-refractivity contribution in [2.45, 2.75) is 26.8 Å². The quantitative estimate of drug-likeness (QED) is 0.818. The number of halogens is 1. The normalized spacial score (nSPS) is 10.8. The van der Waals surface area contributed by atoms with Crippen LogP contribution in [0.4, 0.5) is 4.39 Å². The zero-order chi connectivity index (χ0) is 13.0. The second-order valence-electron chi connectivity index (χ2n) is 4.12. The third kappa shape index (κ3) is 2.70. The molecule has 0 fully saturated rings. The molecule has 0 unspecified atom stereocenters. The molecule has 0 amide bonds. The fourth-order valence-corrected chi connectivity index (χ4v) is 1.65. The zero-order valence-corrected chi connectivity index (χ0v) is 10.5. The van der Waals surface area contributed by atoms with Crippen LogP contribution in [0.1, 0.15) is 24.7 Å². The molecule has 0 saturated carbocycles. The Hall–Kier alpha value is -1.82. The fraction of sp³-hybridized carbons (Fsp3) is 0.417. The summed E-state index contributed by atoms with van der Waals surface area (Å²) in [6.07, 6.45) is 1.05. The maximum Gasteiger partial charge on any atom is 0.170 e. The van der Waals surface area contributed by atoms with E-state index in [2.05, 4.69) is 27.8 Å². The van der Waals surface area contributed by atoms with E-state index >= 15 is 0 Å². The van der Waals surface area contributed by atoms with Gasteiger partial charge in [0, 0.05) is 0 Å². The lowest BCUT2D eigenvalue weighted by Crippen LogP contribution is -2.17. The summed E-state index contributed by atoms with van der Waals surface area (Å²) in [6.45, 7) is 5.32. The van der Waals surface area contributed by atoms with E-state index in [0.29, 0.717) is 12.1 Å². The topological polar surface area (TPSA) is 55.6 Å². The summed E-state index contributed by atoms with van der Waals surface area (Å²) in [7, 11) is 0. The predicted octanol–water partition coefficient (Wildman–Crippen LogP) is 1.61. The van der Waals surface area contributed by atoms with Gasteiger partial charge in [-0.15, -0.1) is 5.10 Å². The second-order valence-corrected chi connectivity index (χ2v) is 4.12. The Morgan fingerprint density at radius 3 is 2.94 bits per heavy atom. The van der Waals surface area contributed by atoms with Gasteiger partial charge in [-0.25, -0.2) is 4.39 Å². The van der Waals surface area contributed by atoms with Crippen molar-refractivity contribution in [2.75, 3.05) is 6.54 Å². The number of tetrazole rings is 1. The number of aryl methyl sites for hydroxylation is 1. The van der Waals surface area contributed by atoms with Crippen LogP contribution in [0.3, 0.4) is 0 Å². The fourth-order valence-electron chi connectivity index (χ4n) is 1.65. The Morgan fingerprint density at radius 1 is 1.39 bits per heavy atom. The predicted molar refractivity (Wildman–Crippen MR) is 65.8 cm³/mol. The number of aromatic nitrogens is 4. The highest BCUT2D eigenvalue weighted by molar-refractivity contribution is 5.35. The van der Waals surface area contributed by atoms with Gasteiger partial charge in [-0.2, -0.15) is 4.68 Å². The van der Waals surface area contributed by atoms with Gasteiger partial charge in [0.15, 0.2) is 5.82 Å². The Labute approximate surface area is 105 Å². The molecule has 1 aromatic heterocycles. The highest BCUT2D eigenvalue weighted by Crippen LogP contribution is 2.13. The maximum absolute atomic E-state index is 13.2. The van der Waals surface area contributed by atoms with Crippen molar-refractivity contribution in [3.8, 4) is 5.69 Å². The second kappa shape index (κ2) is 5.68. The van der Waals surface area contributed by atoms with Crippen LogP contribution in [0.5, 0.6) is 0 Å². The minimum Gasteiger partial charge on any atom is -0.310 e. The molecule has 0 aliphatic carbocycles. The first kappa shape index (κ1) is 12.6. The van der Waals surface area contributed by atoms with Gasteiger partial charge in [0.05, 0.1) is 12.2 Å². The molecule has 1 aromatic carbocycles. The van der Waals surface area contributed by atoms with E-state index < -0.39 is 0 Å². The lowest BCUT2D eigenvalue weighted by atomic mass is 10.2. The Kier molecular flexibility index (Phi) is 3.99. The van der Waals surface area contributed by atoms with Gasteiger partial charge in [-0.1, -0.05) is 6.92 Å². The molecule has 5 nitrogen and oxygen atoms in total. The van der Waals surface area contributed by atoms with Gasteiger partial charge < -0.3 is 5.32 Å². The lowest BCUT2D eigenvalue weighted by molar-refractivity contribution is 0.614. The van der Waals surface area contributed by atoms with Crippen LogP contribution in [-0.2, 0) is 6.54 Å². The minimum atomic E-state index is -0.225. The van der Waals surface area contributed by atoms with Crippen molar-refractivity contribution < 1.29 is 4.39 Å². The van der Waals surface area contributed by atoms with Crippen LogP contribution < -0.4 is 5.32 Å². The van der Waals surface area contributed by atoms with Crippen LogP contribution in [0.15, 0.2) is 18.2 Å². The van der Waals surface area contributed by atoms with E-state index in [0.717, 1.165) is 24.5 Å². The van der Waals surface area contributed by atoms with E-state index in [4.69, 9.17) is 0 Å². The van der Waals surface area contributed by atoms with E-state index in [1.54, 1.807) is 23.7 Å². The molecule has 2 aromatic rings. The molecule has 6 heteroatoms. The first-order valence-electron chi connectivity index (χ1n) is 5.97. The van der Waals surface area contributed by atoms with Crippen LogP contribution in [0.25, 0.3) is 5.69 Å². The van der Waals surface area contributed by atoms with Crippen molar-refractivity contribution in [3.63, 3.8) is 0 Å². The van der Waals surface area contributed by atoms with Gasteiger partial charge in [0.2, 0.25) is 0 Å². The van der Waals surface area contributed by atoms with Gasteiger partial charge in [0.1, 0.15) is 5.82 Å². The smallest absolute Gasteiger partial charge is 0.170 e. The summed E-state index contributed by atoms with van der Waals surface area (Å²) in [5.41, 5.74) is 1.35. The van der Waals surface area contributed by atoms with E-state index in [1.807, 2.05) is 0 Å². The number of rotatable bonds is 5. The third-order valence-electron chi connectivity index (χ3n) is 2.63. The van der Waals surface area contributed by atoms with E-state index in [1.165, 1.54) is 6.07 Å². The minimum absolute atomic E-state index is 0.225. The number of hydrogen-bond acceptors (Lipinski definition) is 4. The Balaban J connectivity index is 2.22. The van der Waals surface area contributed by atoms with Crippen LogP contribution in [-0.4, -0.2) is 26.8 Å². The molecule has 2 rings (SSSR count). The van der Waals surface area contributed by atoms with Gasteiger partial charge >= 0.3 is 0 Å². The molecule has 96 valence electrons. The largest absolute Gasteiger partial charge is 0.310 e. The molecule has 0 aliphatic rings. The van der Waals surface area contributed by atoms with E-state index in [9.17, 15) is 4.39 Å². The van der Waals surface area contributed by atoms with Crippen molar-refractivity contribution in [1.82, 2.24) is 25.5 Å². The monoisotopic (exact) mass is 249 g/mol. The maximum atomic E-state index is 13.2. The summed E-state index contributed by atoms with van der Waals surface area (Å²) in [5.74, 6) is 0.493. The summed E-state index contributed by atoms with van der Waals surface area (Å²) in [6, 6.07) is 4.83. The Morgan fingerprint density at radius 2 is 2.22 bits per heavy atom. The van der Waals surface area contributed by atoms with Gasteiger partial charge in [-0.3, -0.25) is 0 Å². The van der Waals surface area contributed by atoms with Crippen LogP contribution in [0.2, 0.25) is 0 Å². The molecule has 0 radical (unpaired) electrons. The molecule has 0 aliphatic heterocycles. The molecule has 1 heterocycles. The van der Waals surface area contributed by atoms with Crippen LogP contribution >= 0.6 is 0 Å². The van der Waals surface area contributed by atoms with Gasteiger partial charge in [-0.05, 0) is 54.1 Å². The van der Waals surface area contributed by atoms with E-state index in [-0.39, 0.29) is 5.82 Å². The standard InChI is InChI=1S/C12H16FN5/c1-3-6-14-8-12-15-16-17-18(12)10-4-5-11(13)9(2)7-10/h4-5,7,14H,3,6,8H2,1-2H3. The molecular weight excluding hydrogens is 233 g/mol. The molecule has 1 N–H and O–H groups in total. The third-order valence-corrected chi connectivity index (χ3v) is 2.63. The molecule has 0 atom stereocenters. The summed E-state index contributed by atoms with van der Waals surface area (Å²) in [4.78, 5) is 0. The first-order chi connectivity index (χ1) is 8.72. The molecule has 0 saturated heterocycles. The average molecular weight is 249 g/mol. The van der Waals surface area contributed by atoms with Crippen molar-refractivity contribution in [3.05, 3.63) is 35.4 Å². The molecule has 0 spiro atoms. The number of nitrogens with one attached hydrogen (secondary N) is 1. The lowest BCUT2D eigenvalue weighted by Gasteiger charge is -2.06. The van der Waals surface area contributed by atoms with Crippen molar-refractivity contribution in [2.24, 2.45) is 0 Å². The molecule has 18 heavy (non-hydrogen) atoms. The van der Waals surface area contributed by atoms with Crippen molar-refractivity contribution >= 4 is 0 Å². The van der Waals surface area contributed by atoms with Crippen LogP contribution in [0, 0.1) is 12.7 Å². The molecular formula is C12H16FN5. The summed E-state index contributed by atoms with van der Waals surface area (Å²) >= 11 is 0. The Bertz CT molecular complexity index is 523. The highest BCUT2D eigenvalue weighted by atomic mass is 19.1. The number of benzene rings is 1. The average Bonchev–Trinajstić information content (AvgIpc) is 2.81. The number of nitrogens with zero attached hydrogens (tertiary/aromatic N) is 4. The zero-order valence-electron chi connectivity index (χ0n) is 10.5. The number of hydrogen-bond donors (Lipinski definition) is 1. The summed E-state index contributed by atoms with van der Waals surface area (Å²) < 4.78 is 14.8. The summed E-state index contributed by atoms with van der Waals surface area (Å²) in [5, 5.41) is 14.8. The molecule has 0 bridgehead atoms. The highest BCUT2D eigenvalue weighted by Gasteiger charge is 2.08. The van der Waals surface area contributed by atoms with Crippen molar-refractivity contribution in [1.29, 1.82) is 0 Å². The van der Waals surface area contributed by atoms with Gasteiger partial charge in [0.25, 0.3) is 0 Å².